The Bertz CT molecular complexity index is 915. The lowest BCUT2D eigenvalue weighted by Gasteiger charge is -2.33. The normalized spacial score (nSPS) is 15.9. The van der Waals surface area contributed by atoms with Crippen molar-refractivity contribution in [2.24, 2.45) is 0 Å². The Labute approximate surface area is 187 Å². The Morgan fingerprint density at radius 2 is 1.94 bits per heavy atom. The van der Waals surface area contributed by atoms with Gasteiger partial charge in [0.2, 0.25) is 5.91 Å². The number of nitrogens with zero attached hydrogens (tertiary/aromatic N) is 1. The van der Waals surface area contributed by atoms with Crippen molar-refractivity contribution in [3.63, 3.8) is 0 Å². The highest BCUT2D eigenvalue weighted by Crippen LogP contribution is 2.37. The van der Waals surface area contributed by atoms with E-state index in [2.05, 4.69) is 5.32 Å². The summed E-state index contributed by atoms with van der Waals surface area (Å²) in [6.07, 6.45) is -0.743. The number of methoxy groups -OCH3 is 1. The van der Waals surface area contributed by atoms with Crippen LogP contribution in [0, 0.1) is 0 Å². The van der Waals surface area contributed by atoms with Gasteiger partial charge in [0.15, 0.2) is 6.04 Å². The first-order valence-electron chi connectivity index (χ1n) is 9.80. The number of thiophene rings is 1. The summed E-state index contributed by atoms with van der Waals surface area (Å²) in [6.45, 7) is 0. The molecule has 3 rings (SSSR count). The van der Waals surface area contributed by atoms with Gasteiger partial charge in [-0.3, -0.25) is 14.5 Å². The summed E-state index contributed by atoms with van der Waals surface area (Å²) in [4.78, 5) is 26.5. The number of carbonyl (C=O) groups excluding carboxylic acids is 2. The number of halogens is 4. The SMILES string of the molecule is COc1ccc(N(C(=O)C(F)(F)F)[C@@H](C(=O)NC2CCCCC2)c2cccs2)cc1Cl. The van der Waals surface area contributed by atoms with Crippen molar-refractivity contribution in [3.8, 4) is 5.75 Å². The quantitative estimate of drug-likeness (QED) is 0.601. The summed E-state index contributed by atoms with van der Waals surface area (Å²) in [5.74, 6) is -2.56. The van der Waals surface area contributed by atoms with Gasteiger partial charge in [0, 0.05) is 16.6 Å². The van der Waals surface area contributed by atoms with Gasteiger partial charge in [0.05, 0.1) is 12.1 Å². The molecule has 2 aromatic rings. The molecule has 1 aliphatic rings. The highest BCUT2D eigenvalue weighted by molar-refractivity contribution is 7.10. The van der Waals surface area contributed by atoms with Crippen LogP contribution < -0.4 is 15.0 Å². The number of carbonyl (C=O) groups is 2. The molecule has 1 N–H and O–H groups in total. The van der Waals surface area contributed by atoms with E-state index in [4.69, 9.17) is 16.3 Å². The molecule has 1 aliphatic carbocycles. The Kier molecular flexibility index (Phi) is 7.48. The number of alkyl halides is 3. The van der Waals surface area contributed by atoms with E-state index in [1.165, 1.54) is 31.4 Å². The number of hydrogen-bond acceptors (Lipinski definition) is 4. The zero-order valence-electron chi connectivity index (χ0n) is 16.7. The first kappa shape index (κ1) is 23.4. The van der Waals surface area contributed by atoms with Crippen molar-refractivity contribution in [1.82, 2.24) is 5.32 Å². The number of anilines is 1. The van der Waals surface area contributed by atoms with E-state index in [0.29, 0.717) is 9.78 Å². The number of rotatable bonds is 6. The van der Waals surface area contributed by atoms with Crippen LogP contribution in [0.25, 0.3) is 0 Å². The van der Waals surface area contributed by atoms with Crippen LogP contribution in [0.2, 0.25) is 5.02 Å². The second kappa shape index (κ2) is 9.91. The van der Waals surface area contributed by atoms with Crippen molar-refractivity contribution < 1.29 is 27.5 Å². The van der Waals surface area contributed by atoms with E-state index in [-0.39, 0.29) is 22.5 Å². The first-order chi connectivity index (χ1) is 14.7. The molecule has 1 fully saturated rings. The largest absolute Gasteiger partial charge is 0.495 e. The average molecular weight is 475 g/mol. The van der Waals surface area contributed by atoms with Crippen molar-refractivity contribution in [3.05, 3.63) is 45.6 Å². The fourth-order valence-electron chi connectivity index (χ4n) is 3.67. The van der Waals surface area contributed by atoms with Gasteiger partial charge in [-0.25, -0.2) is 0 Å². The maximum absolute atomic E-state index is 13.6. The van der Waals surface area contributed by atoms with E-state index in [0.717, 1.165) is 43.4 Å². The molecule has 1 saturated carbocycles. The van der Waals surface area contributed by atoms with Gasteiger partial charge in [-0.1, -0.05) is 36.9 Å². The maximum Gasteiger partial charge on any atom is 0.471 e. The molecule has 1 heterocycles. The topological polar surface area (TPSA) is 58.6 Å². The van der Waals surface area contributed by atoms with Gasteiger partial charge in [-0.05, 0) is 42.5 Å². The molecule has 10 heteroatoms. The lowest BCUT2D eigenvalue weighted by molar-refractivity contribution is -0.171. The number of nitrogens with one attached hydrogen (secondary N) is 1. The number of hydrogen-bond donors (Lipinski definition) is 1. The van der Waals surface area contributed by atoms with Crippen molar-refractivity contribution in [2.45, 2.75) is 50.4 Å². The summed E-state index contributed by atoms with van der Waals surface area (Å²) < 4.78 is 45.8. The van der Waals surface area contributed by atoms with Gasteiger partial charge in [-0.15, -0.1) is 11.3 Å². The molecule has 0 unspecified atom stereocenters. The molecule has 1 aromatic heterocycles. The monoisotopic (exact) mass is 474 g/mol. The Morgan fingerprint density at radius 1 is 1.23 bits per heavy atom. The van der Waals surface area contributed by atoms with Crippen LogP contribution in [0.3, 0.4) is 0 Å². The summed E-state index contributed by atoms with van der Waals surface area (Å²) in [6, 6.07) is 5.38. The van der Waals surface area contributed by atoms with E-state index < -0.39 is 24.0 Å². The van der Waals surface area contributed by atoms with E-state index in [9.17, 15) is 22.8 Å². The Balaban J connectivity index is 2.05. The number of amides is 2. The van der Waals surface area contributed by atoms with Crippen LogP contribution in [0.1, 0.15) is 43.0 Å². The van der Waals surface area contributed by atoms with E-state index in [1.807, 2.05) is 0 Å². The fraction of sp³-hybridized carbons (Fsp3) is 0.429. The smallest absolute Gasteiger partial charge is 0.471 e. The molecule has 0 saturated heterocycles. The highest BCUT2D eigenvalue weighted by atomic mass is 35.5. The predicted octanol–water partition coefficient (Wildman–Crippen LogP) is 5.50. The lowest BCUT2D eigenvalue weighted by atomic mass is 9.95. The van der Waals surface area contributed by atoms with E-state index >= 15 is 0 Å². The molecule has 2 amide bonds. The number of benzene rings is 1. The van der Waals surface area contributed by atoms with Crippen LogP contribution in [0.4, 0.5) is 18.9 Å². The van der Waals surface area contributed by atoms with Crippen molar-refractivity contribution >= 4 is 40.4 Å². The highest BCUT2D eigenvalue weighted by Gasteiger charge is 2.48. The standard InChI is InChI=1S/C21H22ClF3N2O3S/c1-30-16-10-9-14(12-15(16)22)27(20(29)21(23,24)25)18(17-8-5-11-31-17)19(28)26-13-6-3-2-4-7-13/h5,8-13,18H,2-4,6-7H2,1H3,(H,26,28)/t18-/m1/s1. The average Bonchev–Trinajstić information content (AvgIpc) is 3.25. The second-order valence-corrected chi connectivity index (χ2v) is 8.64. The summed E-state index contributed by atoms with van der Waals surface area (Å²) in [5.41, 5.74) is -0.148. The summed E-state index contributed by atoms with van der Waals surface area (Å²) in [5, 5.41) is 4.52. The lowest BCUT2D eigenvalue weighted by Crippen LogP contribution is -2.50. The maximum atomic E-state index is 13.6. The van der Waals surface area contributed by atoms with Crippen molar-refractivity contribution in [2.75, 3.05) is 12.0 Å². The molecule has 0 bridgehead atoms. The minimum Gasteiger partial charge on any atom is -0.495 e. The first-order valence-corrected chi connectivity index (χ1v) is 11.1. The van der Waals surface area contributed by atoms with Crippen LogP contribution in [0.15, 0.2) is 35.7 Å². The zero-order valence-corrected chi connectivity index (χ0v) is 18.3. The molecule has 0 aliphatic heterocycles. The molecule has 1 aromatic carbocycles. The summed E-state index contributed by atoms with van der Waals surface area (Å²) in [7, 11) is 1.37. The molecule has 0 spiro atoms. The van der Waals surface area contributed by atoms with Gasteiger partial charge >= 0.3 is 12.1 Å². The third-order valence-corrected chi connectivity index (χ3v) is 6.37. The number of ether oxygens (including phenoxy) is 1. The van der Waals surface area contributed by atoms with Crippen LogP contribution in [-0.4, -0.2) is 31.1 Å². The van der Waals surface area contributed by atoms with Crippen LogP contribution >= 0.6 is 22.9 Å². The summed E-state index contributed by atoms with van der Waals surface area (Å²) >= 11 is 7.22. The third-order valence-electron chi connectivity index (χ3n) is 5.15. The Morgan fingerprint density at radius 3 is 2.48 bits per heavy atom. The second-order valence-electron chi connectivity index (χ2n) is 7.25. The predicted molar refractivity (Wildman–Crippen MR) is 114 cm³/mol. The van der Waals surface area contributed by atoms with Crippen LogP contribution in [-0.2, 0) is 9.59 Å². The van der Waals surface area contributed by atoms with E-state index in [1.54, 1.807) is 11.4 Å². The fourth-order valence-corrected chi connectivity index (χ4v) is 4.74. The van der Waals surface area contributed by atoms with Gasteiger partial charge in [0.25, 0.3) is 0 Å². The van der Waals surface area contributed by atoms with Gasteiger partial charge < -0.3 is 10.1 Å². The third kappa shape index (κ3) is 5.51. The van der Waals surface area contributed by atoms with Crippen LogP contribution in [0.5, 0.6) is 5.75 Å². The molecule has 1 atom stereocenters. The zero-order chi connectivity index (χ0) is 22.6. The van der Waals surface area contributed by atoms with Crippen molar-refractivity contribution in [1.29, 1.82) is 0 Å². The molecule has 0 radical (unpaired) electrons. The minimum absolute atomic E-state index is 0.0255. The molecule has 5 nitrogen and oxygen atoms in total. The molecular formula is C21H22ClF3N2O3S. The minimum atomic E-state index is -5.19. The molecule has 31 heavy (non-hydrogen) atoms. The Hall–Kier alpha value is -2.26. The molecule has 168 valence electrons. The van der Waals surface area contributed by atoms with Gasteiger partial charge in [0.1, 0.15) is 5.75 Å². The molecular weight excluding hydrogens is 453 g/mol. The van der Waals surface area contributed by atoms with Gasteiger partial charge in [-0.2, -0.15) is 13.2 Å².